The van der Waals surface area contributed by atoms with E-state index in [-0.39, 0.29) is 17.2 Å². The lowest BCUT2D eigenvalue weighted by Crippen LogP contribution is -2.28. The minimum atomic E-state index is -0.0605. The second-order valence-electron chi connectivity index (χ2n) is 7.24. The van der Waals surface area contributed by atoms with E-state index < -0.39 is 0 Å². The first-order chi connectivity index (χ1) is 15.0. The number of thiophene rings is 1. The van der Waals surface area contributed by atoms with Crippen molar-refractivity contribution < 1.29 is 9.53 Å². The van der Waals surface area contributed by atoms with Crippen molar-refractivity contribution in [1.29, 1.82) is 0 Å². The Kier molecular flexibility index (Phi) is 8.69. The zero-order valence-corrected chi connectivity index (χ0v) is 19.9. The quantitative estimate of drug-likeness (QED) is 0.267. The van der Waals surface area contributed by atoms with Gasteiger partial charge < -0.3 is 10.1 Å². The van der Waals surface area contributed by atoms with E-state index in [1.54, 1.807) is 4.57 Å². The van der Waals surface area contributed by atoms with E-state index in [9.17, 15) is 9.59 Å². The summed E-state index contributed by atoms with van der Waals surface area (Å²) in [6.07, 6.45) is 1.51. The number of thioether (sulfide) groups is 1. The standard InChI is InChI=1S/C23H29N3O3S2/c1-4-29-14-8-13-26-22(28)20-16(2)17(3)31-21(20)25-23(26)30-15-19(27)24-12-11-18-9-6-5-7-10-18/h5-7,9-10H,4,8,11-15H2,1-3H3,(H,24,27). The Balaban J connectivity index is 1.68. The second-order valence-corrected chi connectivity index (χ2v) is 9.38. The largest absolute Gasteiger partial charge is 0.382 e. The number of hydrogen-bond acceptors (Lipinski definition) is 6. The van der Waals surface area contributed by atoms with E-state index in [0.717, 1.165) is 28.1 Å². The molecule has 6 nitrogen and oxygen atoms in total. The van der Waals surface area contributed by atoms with Crippen LogP contribution in [0.15, 0.2) is 40.3 Å². The van der Waals surface area contributed by atoms with Crippen molar-refractivity contribution in [3.05, 3.63) is 56.7 Å². The Morgan fingerprint density at radius 2 is 2.03 bits per heavy atom. The van der Waals surface area contributed by atoms with Crippen molar-refractivity contribution in [3.63, 3.8) is 0 Å². The fourth-order valence-electron chi connectivity index (χ4n) is 3.26. The lowest BCUT2D eigenvalue weighted by atomic mass is 10.1. The molecule has 8 heteroatoms. The van der Waals surface area contributed by atoms with Crippen LogP contribution >= 0.6 is 23.1 Å². The third-order valence-electron chi connectivity index (χ3n) is 5.04. The maximum absolute atomic E-state index is 13.2. The normalized spacial score (nSPS) is 11.2. The summed E-state index contributed by atoms with van der Waals surface area (Å²) in [5.74, 6) is 0.163. The second kappa shape index (κ2) is 11.5. The monoisotopic (exact) mass is 459 g/mol. The van der Waals surface area contributed by atoms with Gasteiger partial charge in [-0.1, -0.05) is 42.1 Å². The van der Waals surface area contributed by atoms with Crippen molar-refractivity contribution in [2.24, 2.45) is 0 Å². The molecule has 1 amide bonds. The van der Waals surface area contributed by atoms with Crippen LogP contribution in [-0.4, -0.2) is 41.0 Å². The maximum Gasteiger partial charge on any atom is 0.263 e. The minimum absolute atomic E-state index is 0.0321. The number of rotatable bonds is 11. The average Bonchev–Trinajstić information content (AvgIpc) is 3.05. The number of benzene rings is 1. The third kappa shape index (κ3) is 6.18. The Morgan fingerprint density at radius 1 is 1.26 bits per heavy atom. The Morgan fingerprint density at radius 3 is 2.77 bits per heavy atom. The molecule has 0 radical (unpaired) electrons. The first-order valence-electron chi connectivity index (χ1n) is 10.5. The SMILES string of the molecule is CCOCCCn1c(SCC(=O)NCCc2ccccc2)nc2sc(C)c(C)c2c1=O. The molecule has 31 heavy (non-hydrogen) atoms. The molecule has 2 heterocycles. The van der Waals surface area contributed by atoms with Gasteiger partial charge >= 0.3 is 0 Å². The molecule has 3 aromatic rings. The first kappa shape index (κ1) is 23.5. The zero-order chi connectivity index (χ0) is 22.2. The molecule has 0 bridgehead atoms. The summed E-state index contributed by atoms with van der Waals surface area (Å²) in [6.45, 7) is 8.28. The molecule has 0 saturated heterocycles. The fraction of sp³-hybridized carbons (Fsp3) is 0.435. The van der Waals surface area contributed by atoms with Crippen LogP contribution in [0.2, 0.25) is 0 Å². The molecule has 0 aliphatic carbocycles. The van der Waals surface area contributed by atoms with Gasteiger partial charge in [0.1, 0.15) is 4.83 Å². The first-order valence-corrected chi connectivity index (χ1v) is 12.3. The highest BCUT2D eigenvalue weighted by molar-refractivity contribution is 7.99. The van der Waals surface area contributed by atoms with Crippen LogP contribution in [0.4, 0.5) is 0 Å². The summed E-state index contributed by atoms with van der Waals surface area (Å²) in [5, 5.41) is 4.23. The van der Waals surface area contributed by atoms with Crippen LogP contribution in [0.3, 0.4) is 0 Å². The van der Waals surface area contributed by atoms with Gasteiger partial charge in [0, 0.05) is 31.2 Å². The van der Waals surface area contributed by atoms with E-state index in [4.69, 9.17) is 9.72 Å². The van der Waals surface area contributed by atoms with Crippen LogP contribution in [0.5, 0.6) is 0 Å². The van der Waals surface area contributed by atoms with Crippen LogP contribution in [0, 0.1) is 13.8 Å². The third-order valence-corrected chi connectivity index (χ3v) is 7.12. The molecule has 0 spiro atoms. The lowest BCUT2D eigenvalue weighted by Gasteiger charge is -2.12. The Hall–Kier alpha value is -2.16. The number of aromatic nitrogens is 2. The van der Waals surface area contributed by atoms with Crippen molar-refractivity contribution >= 4 is 39.2 Å². The van der Waals surface area contributed by atoms with E-state index in [1.165, 1.54) is 28.7 Å². The summed E-state index contributed by atoms with van der Waals surface area (Å²) in [6, 6.07) is 10.1. The molecule has 0 unspecified atom stereocenters. The fourth-order valence-corrected chi connectivity index (χ4v) is 5.18. The van der Waals surface area contributed by atoms with Gasteiger partial charge in [0.2, 0.25) is 5.91 Å². The van der Waals surface area contributed by atoms with Crippen molar-refractivity contribution in [2.45, 2.75) is 45.3 Å². The molecule has 2 aromatic heterocycles. The predicted molar refractivity (Wildman–Crippen MR) is 128 cm³/mol. The maximum atomic E-state index is 13.2. The number of carbonyl (C=O) groups excluding carboxylic acids is 1. The van der Waals surface area contributed by atoms with E-state index >= 15 is 0 Å². The van der Waals surface area contributed by atoms with E-state index in [0.29, 0.717) is 36.8 Å². The number of aryl methyl sites for hydroxylation is 2. The van der Waals surface area contributed by atoms with Gasteiger partial charge in [0.15, 0.2) is 5.16 Å². The topological polar surface area (TPSA) is 73.2 Å². The Bertz CT molecular complexity index is 1080. The van der Waals surface area contributed by atoms with Crippen LogP contribution in [0.25, 0.3) is 10.2 Å². The van der Waals surface area contributed by atoms with Crippen LogP contribution in [0.1, 0.15) is 29.3 Å². The molecule has 0 atom stereocenters. The molecule has 0 fully saturated rings. The molecular formula is C23H29N3O3S2. The van der Waals surface area contributed by atoms with Gasteiger partial charge in [-0.25, -0.2) is 4.98 Å². The van der Waals surface area contributed by atoms with Crippen molar-refractivity contribution in [1.82, 2.24) is 14.9 Å². The molecule has 166 valence electrons. The molecule has 3 rings (SSSR count). The molecular weight excluding hydrogens is 430 g/mol. The highest BCUT2D eigenvalue weighted by atomic mass is 32.2. The summed E-state index contributed by atoms with van der Waals surface area (Å²) in [4.78, 5) is 32.1. The van der Waals surface area contributed by atoms with Crippen molar-refractivity contribution in [2.75, 3.05) is 25.5 Å². The van der Waals surface area contributed by atoms with E-state index in [2.05, 4.69) is 5.32 Å². The summed E-state index contributed by atoms with van der Waals surface area (Å²) >= 11 is 2.85. The minimum Gasteiger partial charge on any atom is -0.382 e. The van der Waals surface area contributed by atoms with Gasteiger partial charge in [-0.05, 0) is 44.7 Å². The molecule has 0 aliphatic heterocycles. The molecule has 1 aromatic carbocycles. The van der Waals surface area contributed by atoms with Gasteiger partial charge in [-0.2, -0.15) is 0 Å². The summed E-state index contributed by atoms with van der Waals surface area (Å²) < 4.78 is 7.12. The average molecular weight is 460 g/mol. The highest BCUT2D eigenvalue weighted by Crippen LogP contribution is 2.28. The molecule has 0 aliphatic rings. The number of nitrogens with one attached hydrogen (secondary N) is 1. The lowest BCUT2D eigenvalue weighted by molar-refractivity contribution is -0.118. The summed E-state index contributed by atoms with van der Waals surface area (Å²) in [7, 11) is 0. The Labute approximate surface area is 191 Å². The summed E-state index contributed by atoms with van der Waals surface area (Å²) in [5.41, 5.74) is 2.15. The van der Waals surface area contributed by atoms with Gasteiger partial charge in [0.25, 0.3) is 5.56 Å². The number of hydrogen-bond donors (Lipinski definition) is 1. The number of carbonyl (C=O) groups is 1. The zero-order valence-electron chi connectivity index (χ0n) is 18.3. The van der Waals surface area contributed by atoms with Crippen molar-refractivity contribution in [3.8, 4) is 0 Å². The van der Waals surface area contributed by atoms with Gasteiger partial charge in [0.05, 0.1) is 11.1 Å². The molecule has 1 N–H and O–H groups in total. The van der Waals surface area contributed by atoms with Gasteiger partial charge in [-0.15, -0.1) is 11.3 Å². The molecule has 0 saturated carbocycles. The highest BCUT2D eigenvalue weighted by Gasteiger charge is 2.17. The van der Waals surface area contributed by atoms with Crippen LogP contribution in [-0.2, 0) is 22.5 Å². The van der Waals surface area contributed by atoms with Crippen LogP contribution < -0.4 is 10.9 Å². The number of ether oxygens (including phenoxy) is 1. The van der Waals surface area contributed by atoms with Gasteiger partial charge in [-0.3, -0.25) is 14.2 Å². The van der Waals surface area contributed by atoms with E-state index in [1.807, 2.05) is 51.1 Å². The number of fused-ring (bicyclic) bond motifs is 1. The smallest absolute Gasteiger partial charge is 0.263 e. The number of amides is 1. The number of nitrogens with zero attached hydrogens (tertiary/aromatic N) is 2. The predicted octanol–water partition coefficient (Wildman–Crippen LogP) is 3.95.